The molecule has 1 aliphatic rings. The number of furan rings is 1. The van der Waals surface area contributed by atoms with Crippen LogP contribution in [0.25, 0.3) is 0 Å². The van der Waals surface area contributed by atoms with Crippen LogP contribution in [0.3, 0.4) is 0 Å². The maximum absolute atomic E-state index is 11.8. The van der Waals surface area contributed by atoms with Gasteiger partial charge in [0.1, 0.15) is 12.4 Å². The van der Waals surface area contributed by atoms with Crippen LogP contribution in [0.2, 0.25) is 0 Å². The summed E-state index contributed by atoms with van der Waals surface area (Å²) in [4.78, 5) is 11.8. The van der Waals surface area contributed by atoms with Crippen molar-refractivity contribution in [2.45, 2.75) is 13.0 Å². The quantitative estimate of drug-likeness (QED) is 0.666. The molecule has 1 aliphatic heterocycles. The Morgan fingerprint density at radius 2 is 2.29 bits per heavy atom. The maximum Gasteiger partial charge on any atom is 0.197 e. The molecule has 0 aromatic carbocycles. The number of carbonyl (C=O) groups excluding carboxylic acids is 1. The van der Waals surface area contributed by atoms with Gasteiger partial charge < -0.3 is 13.9 Å². The molecule has 0 saturated carbocycles. The molecule has 0 bridgehead atoms. The summed E-state index contributed by atoms with van der Waals surface area (Å²) in [7, 11) is 0. The van der Waals surface area contributed by atoms with E-state index in [0.29, 0.717) is 25.4 Å². The molecule has 14 heavy (non-hydrogen) atoms. The third-order valence-electron chi connectivity index (χ3n) is 2.23. The lowest BCUT2D eigenvalue weighted by atomic mass is 10.1. The monoisotopic (exact) mass is 196 g/mol. The van der Waals surface area contributed by atoms with Crippen LogP contribution in [0.1, 0.15) is 15.9 Å². The Balaban J connectivity index is 2.11. The molecule has 1 aromatic heterocycles. The minimum absolute atomic E-state index is 0.0593. The predicted octanol–water partition coefficient (Wildman–Crippen LogP) is 1.19. The zero-order chi connectivity index (χ0) is 9.97. The number of carbonyl (C=O) groups is 1. The van der Waals surface area contributed by atoms with Crippen molar-refractivity contribution in [2.24, 2.45) is 0 Å². The minimum atomic E-state index is -0.472. The van der Waals surface area contributed by atoms with Crippen LogP contribution in [-0.2, 0) is 9.47 Å². The van der Waals surface area contributed by atoms with Gasteiger partial charge in [0.15, 0.2) is 5.78 Å². The van der Waals surface area contributed by atoms with Gasteiger partial charge in [0.05, 0.1) is 31.6 Å². The summed E-state index contributed by atoms with van der Waals surface area (Å²) in [5.41, 5.74) is 1.42. The Morgan fingerprint density at radius 3 is 2.86 bits per heavy atom. The first kappa shape index (κ1) is 9.43. The Morgan fingerprint density at radius 1 is 1.43 bits per heavy atom. The summed E-state index contributed by atoms with van der Waals surface area (Å²) in [6, 6.07) is 0. The lowest BCUT2D eigenvalue weighted by molar-refractivity contribution is -0.0719. The van der Waals surface area contributed by atoms with E-state index in [1.54, 1.807) is 6.26 Å². The average molecular weight is 196 g/mol. The van der Waals surface area contributed by atoms with Crippen molar-refractivity contribution in [3.05, 3.63) is 23.7 Å². The number of ketones is 1. The fourth-order valence-corrected chi connectivity index (χ4v) is 1.43. The van der Waals surface area contributed by atoms with E-state index < -0.39 is 6.10 Å². The number of hydrogen-bond acceptors (Lipinski definition) is 4. The SMILES string of the molecule is Cc1cocc1C(=O)C1COCCO1. The van der Waals surface area contributed by atoms with Gasteiger partial charge in [-0.15, -0.1) is 0 Å². The molecule has 76 valence electrons. The van der Waals surface area contributed by atoms with Crippen molar-refractivity contribution < 1.29 is 18.7 Å². The molecule has 0 amide bonds. The summed E-state index contributed by atoms with van der Waals surface area (Å²) >= 11 is 0. The molecule has 0 N–H and O–H groups in total. The van der Waals surface area contributed by atoms with E-state index in [9.17, 15) is 4.79 Å². The summed E-state index contributed by atoms with van der Waals surface area (Å²) in [6.45, 7) is 3.21. The van der Waals surface area contributed by atoms with Crippen molar-refractivity contribution in [2.75, 3.05) is 19.8 Å². The molecular weight excluding hydrogens is 184 g/mol. The summed E-state index contributed by atoms with van der Waals surface area (Å²) < 4.78 is 15.4. The van der Waals surface area contributed by atoms with Crippen LogP contribution in [0, 0.1) is 6.92 Å². The minimum Gasteiger partial charge on any atom is -0.472 e. The Bertz CT molecular complexity index is 323. The van der Waals surface area contributed by atoms with Crippen LogP contribution < -0.4 is 0 Å². The number of ether oxygens (including phenoxy) is 2. The van der Waals surface area contributed by atoms with Crippen molar-refractivity contribution in [1.82, 2.24) is 0 Å². The van der Waals surface area contributed by atoms with Gasteiger partial charge in [-0.25, -0.2) is 0 Å². The average Bonchev–Trinajstić information content (AvgIpc) is 2.65. The van der Waals surface area contributed by atoms with Gasteiger partial charge in [-0.2, -0.15) is 0 Å². The first-order valence-electron chi connectivity index (χ1n) is 4.55. The van der Waals surface area contributed by atoms with Gasteiger partial charge in [0.25, 0.3) is 0 Å². The van der Waals surface area contributed by atoms with Gasteiger partial charge in [-0.1, -0.05) is 0 Å². The van der Waals surface area contributed by atoms with Crippen molar-refractivity contribution in [3.8, 4) is 0 Å². The number of rotatable bonds is 2. The second-order valence-corrected chi connectivity index (χ2v) is 3.27. The van der Waals surface area contributed by atoms with Gasteiger partial charge >= 0.3 is 0 Å². The Hall–Kier alpha value is -1.13. The molecule has 4 heteroatoms. The zero-order valence-corrected chi connectivity index (χ0v) is 7.99. The van der Waals surface area contributed by atoms with E-state index >= 15 is 0 Å². The van der Waals surface area contributed by atoms with Gasteiger partial charge in [-0.05, 0) is 12.5 Å². The van der Waals surface area contributed by atoms with Gasteiger partial charge in [-0.3, -0.25) is 4.79 Å². The fraction of sp³-hybridized carbons (Fsp3) is 0.500. The summed E-state index contributed by atoms with van der Waals surface area (Å²) in [5, 5.41) is 0. The third-order valence-corrected chi connectivity index (χ3v) is 2.23. The highest BCUT2D eigenvalue weighted by atomic mass is 16.6. The first-order chi connectivity index (χ1) is 6.79. The van der Waals surface area contributed by atoms with Crippen LogP contribution >= 0.6 is 0 Å². The molecule has 4 nitrogen and oxygen atoms in total. The van der Waals surface area contributed by atoms with E-state index in [1.165, 1.54) is 6.26 Å². The van der Waals surface area contributed by atoms with Gasteiger partial charge in [0, 0.05) is 0 Å². The van der Waals surface area contributed by atoms with E-state index in [-0.39, 0.29) is 5.78 Å². The molecule has 2 rings (SSSR count). The van der Waals surface area contributed by atoms with E-state index in [2.05, 4.69) is 0 Å². The molecule has 1 aromatic rings. The highest BCUT2D eigenvalue weighted by Crippen LogP contribution is 2.14. The molecule has 1 atom stereocenters. The lowest BCUT2D eigenvalue weighted by Gasteiger charge is -2.21. The second-order valence-electron chi connectivity index (χ2n) is 3.27. The summed E-state index contributed by atoms with van der Waals surface area (Å²) in [5.74, 6) is -0.0593. The normalized spacial score (nSPS) is 22.2. The Kier molecular flexibility index (Phi) is 2.65. The van der Waals surface area contributed by atoms with Crippen molar-refractivity contribution in [1.29, 1.82) is 0 Å². The van der Waals surface area contributed by atoms with E-state index in [1.807, 2.05) is 6.92 Å². The topological polar surface area (TPSA) is 48.7 Å². The number of hydrogen-bond donors (Lipinski definition) is 0. The fourth-order valence-electron chi connectivity index (χ4n) is 1.43. The highest BCUT2D eigenvalue weighted by Gasteiger charge is 2.25. The Labute approximate surface area is 81.8 Å². The zero-order valence-electron chi connectivity index (χ0n) is 7.99. The molecule has 1 unspecified atom stereocenters. The van der Waals surface area contributed by atoms with E-state index in [4.69, 9.17) is 13.9 Å². The molecule has 0 spiro atoms. The molecule has 2 heterocycles. The standard InChI is InChI=1S/C10H12O4/c1-7-4-13-5-8(7)10(11)9-6-12-2-3-14-9/h4-5,9H,2-3,6H2,1H3. The van der Waals surface area contributed by atoms with Gasteiger partial charge in [0.2, 0.25) is 0 Å². The first-order valence-corrected chi connectivity index (χ1v) is 4.55. The third kappa shape index (κ3) is 1.71. The van der Waals surface area contributed by atoms with Crippen LogP contribution in [-0.4, -0.2) is 31.7 Å². The number of aryl methyl sites for hydroxylation is 1. The maximum atomic E-state index is 11.8. The number of Topliss-reactive ketones (excluding diaryl/α,β-unsaturated/α-hetero) is 1. The lowest BCUT2D eigenvalue weighted by Crippen LogP contribution is -2.35. The molecular formula is C10H12O4. The molecule has 1 fully saturated rings. The smallest absolute Gasteiger partial charge is 0.197 e. The van der Waals surface area contributed by atoms with Crippen LogP contribution in [0.5, 0.6) is 0 Å². The van der Waals surface area contributed by atoms with Crippen molar-refractivity contribution in [3.63, 3.8) is 0 Å². The van der Waals surface area contributed by atoms with E-state index in [0.717, 1.165) is 5.56 Å². The van der Waals surface area contributed by atoms with Crippen LogP contribution in [0.4, 0.5) is 0 Å². The highest BCUT2D eigenvalue weighted by molar-refractivity contribution is 6.00. The van der Waals surface area contributed by atoms with Crippen molar-refractivity contribution >= 4 is 5.78 Å². The molecule has 0 radical (unpaired) electrons. The summed E-state index contributed by atoms with van der Waals surface area (Å²) in [6.07, 6.45) is 2.53. The molecule has 1 saturated heterocycles. The molecule has 0 aliphatic carbocycles. The predicted molar refractivity (Wildman–Crippen MR) is 48.3 cm³/mol. The second kappa shape index (κ2) is 3.94. The van der Waals surface area contributed by atoms with Crippen LogP contribution in [0.15, 0.2) is 16.9 Å². The largest absolute Gasteiger partial charge is 0.472 e.